The molecule has 0 saturated heterocycles. The Kier molecular flexibility index (Phi) is 10.7. The van der Waals surface area contributed by atoms with Crippen molar-refractivity contribution in [3.63, 3.8) is 0 Å². The molecule has 0 aromatic heterocycles. The Bertz CT molecular complexity index is 376. The quantitative estimate of drug-likeness (QED) is 0.395. The Balaban J connectivity index is 1.91. The third-order valence-electron chi connectivity index (χ3n) is 4.03. The van der Waals surface area contributed by atoms with E-state index in [1.807, 2.05) is 0 Å². The second-order valence-electron chi connectivity index (χ2n) is 6.07. The third-order valence-corrected chi connectivity index (χ3v) is 4.89. The summed E-state index contributed by atoms with van der Waals surface area (Å²) in [5.74, 6) is 0. The van der Waals surface area contributed by atoms with E-state index in [4.69, 9.17) is 0 Å². The van der Waals surface area contributed by atoms with Crippen LogP contribution in [-0.2, 0) is 0 Å². The first-order valence-electron chi connectivity index (χ1n) is 8.74. The molecule has 0 amide bonds. The standard InChI is InChI=1S/C19H32BrN/c1-3-4-5-6-7-8-9-10-11-12-15-21-18-14-13-17(2)19(20)16-18/h13-14,16,21H,3-12,15H2,1-2H3. The van der Waals surface area contributed by atoms with Gasteiger partial charge < -0.3 is 5.32 Å². The fraction of sp³-hybridized carbons (Fsp3) is 0.684. The monoisotopic (exact) mass is 353 g/mol. The number of nitrogens with one attached hydrogen (secondary N) is 1. The lowest BCUT2D eigenvalue weighted by molar-refractivity contribution is 0.560. The van der Waals surface area contributed by atoms with Gasteiger partial charge in [0.05, 0.1) is 0 Å². The van der Waals surface area contributed by atoms with E-state index in [2.05, 4.69) is 53.3 Å². The van der Waals surface area contributed by atoms with Gasteiger partial charge in [0.25, 0.3) is 0 Å². The average Bonchev–Trinajstić information content (AvgIpc) is 2.48. The largest absolute Gasteiger partial charge is 0.385 e. The SMILES string of the molecule is CCCCCCCCCCCCNc1ccc(C)c(Br)c1. The second-order valence-corrected chi connectivity index (χ2v) is 6.93. The van der Waals surface area contributed by atoms with Crippen molar-refractivity contribution >= 4 is 21.6 Å². The summed E-state index contributed by atoms with van der Waals surface area (Å²) >= 11 is 3.58. The highest BCUT2D eigenvalue weighted by Gasteiger charge is 1.97. The van der Waals surface area contributed by atoms with Crippen molar-refractivity contribution < 1.29 is 0 Å². The molecule has 2 heteroatoms. The van der Waals surface area contributed by atoms with Gasteiger partial charge in [0.1, 0.15) is 0 Å². The predicted molar refractivity (Wildman–Crippen MR) is 99.2 cm³/mol. The summed E-state index contributed by atoms with van der Waals surface area (Å²) < 4.78 is 1.19. The van der Waals surface area contributed by atoms with Crippen LogP contribution < -0.4 is 5.32 Å². The zero-order chi connectivity index (χ0) is 15.3. The fourth-order valence-corrected chi connectivity index (χ4v) is 2.93. The first-order chi connectivity index (χ1) is 10.2. The molecular formula is C19H32BrN. The molecule has 1 nitrogen and oxygen atoms in total. The van der Waals surface area contributed by atoms with Gasteiger partial charge in [-0.15, -0.1) is 0 Å². The minimum atomic E-state index is 1.09. The molecule has 1 aromatic rings. The molecule has 1 aromatic carbocycles. The van der Waals surface area contributed by atoms with Gasteiger partial charge in [-0.2, -0.15) is 0 Å². The van der Waals surface area contributed by atoms with Crippen molar-refractivity contribution in [1.29, 1.82) is 0 Å². The number of anilines is 1. The molecule has 1 rings (SSSR count). The molecule has 0 saturated carbocycles. The zero-order valence-electron chi connectivity index (χ0n) is 13.9. The molecule has 0 fully saturated rings. The van der Waals surface area contributed by atoms with E-state index >= 15 is 0 Å². The minimum Gasteiger partial charge on any atom is -0.385 e. The van der Waals surface area contributed by atoms with Gasteiger partial charge in [-0.3, -0.25) is 0 Å². The van der Waals surface area contributed by atoms with Crippen LogP contribution in [0.4, 0.5) is 5.69 Å². The highest BCUT2D eigenvalue weighted by molar-refractivity contribution is 9.10. The van der Waals surface area contributed by atoms with Gasteiger partial charge in [0, 0.05) is 16.7 Å². The minimum absolute atomic E-state index is 1.09. The van der Waals surface area contributed by atoms with Crippen molar-refractivity contribution in [2.75, 3.05) is 11.9 Å². The van der Waals surface area contributed by atoms with E-state index in [1.54, 1.807) is 0 Å². The van der Waals surface area contributed by atoms with Crippen LogP contribution in [0.2, 0.25) is 0 Å². The van der Waals surface area contributed by atoms with E-state index in [0.29, 0.717) is 0 Å². The summed E-state index contributed by atoms with van der Waals surface area (Å²) in [6.07, 6.45) is 14.0. The molecule has 0 heterocycles. The summed E-state index contributed by atoms with van der Waals surface area (Å²) in [6.45, 7) is 5.49. The summed E-state index contributed by atoms with van der Waals surface area (Å²) in [4.78, 5) is 0. The van der Waals surface area contributed by atoms with Gasteiger partial charge in [0.15, 0.2) is 0 Å². The number of halogens is 1. The molecule has 0 bridgehead atoms. The maximum Gasteiger partial charge on any atom is 0.0351 e. The smallest absolute Gasteiger partial charge is 0.0351 e. The summed E-state index contributed by atoms with van der Waals surface area (Å²) in [5.41, 5.74) is 2.52. The number of hydrogen-bond donors (Lipinski definition) is 1. The molecular weight excluding hydrogens is 322 g/mol. The van der Waals surface area contributed by atoms with Crippen LogP contribution in [0.1, 0.15) is 76.7 Å². The van der Waals surface area contributed by atoms with Gasteiger partial charge in [0.2, 0.25) is 0 Å². The lowest BCUT2D eigenvalue weighted by atomic mass is 10.1. The number of unbranched alkanes of at least 4 members (excludes halogenated alkanes) is 9. The molecule has 0 spiro atoms. The van der Waals surface area contributed by atoms with E-state index in [1.165, 1.54) is 79.9 Å². The molecule has 0 aliphatic heterocycles. The van der Waals surface area contributed by atoms with Crippen molar-refractivity contribution in [2.45, 2.75) is 78.1 Å². The Hall–Kier alpha value is -0.500. The Morgan fingerprint density at radius 3 is 2.00 bits per heavy atom. The van der Waals surface area contributed by atoms with Crippen LogP contribution in [0.5, 0.6) is 0 Å². The normalized spacial score (nSPS) is 10.8. The fourth-order valence-electron chi connectivity index (χ4n) is 2.55. The molecule has 0 unspecified atom stereocenters. The predicted octanol–water partition coefficient (Wildman–Crippen LogP) is 7.09. The maximum absolute atomic E-state index is 3.58. The van der Waals surface area contributed by atoms with Gasteiger partial charge in [-0.05, 0) is 31.0 Å². The highest BCUT2D eigenvalue weighted by Crippen LogP contribution is 2.20. The summed E-state index contributed by atoms with van der Waals surface area (Å²) in [7, 11) is 0. The van der Waals surface area contributed by atoms with E-state index in [9.17, 15) is 0 Å². The van der Waals surface area contributed by atoms with E-state index in [0.717, 1.165) is 6.54 Å². The topological polar surface area (TPSA) is 12.0 Å². The third kappa shape index (κ3) is 9.18. The average molecular weight is 354 g/mol. The van der Waals surface area contributed by atoms with Crippen LogP contribution in [0.15, 0.2) is 22.7 Å². The first kappa shape index (κ1) is 18.5. The summed E-state index contributed by atoms with van der Waals surface area (Å²) in [5, 5.41) is 3.51. The van der Waals surface area contributed by atoms with Gasteiger partial charge in [-0.25, -0.2) is 0 Å². The molecule has 21 heavy (non-hydrogen) atoms. The molecule has 0 aliphatic rings. The number of aryl methyl sites for hydroxylation is 1. The highest BCUT2D eigenvalue weighted by atomic mass is 79.9. The lowest BCUT2D eigenvalue weighted by Gasteiger charge is -2.08. The van der Waals surface area contributed by atoms with E-state index < -0.39 is 0 Å². The van der Waals surface area contributed by atoms with E-state index in [-0.39, 0.29) is 0 Å². The van der Waals surface area contributed by atoms with Gasteiger partial charge >= 0.3 is 0 Å². The van der Waals surface area contributed by atoms with Crippen LogP contribution in [0.25, 0.3) is 0 Å². The Morgan fingerprint density at radius 1 is 0.857 bits per heavy atom. The summed E-state index contributed by atoms with van der Waals surface area (Å²) in [6, 6.07) is 6.49. The van der Waals surface area contributed by atoms with Crippen molar-refractivity contribution in [3.8, 4) is 0 Å². The van der Waals surface area contributed by atoms with Crippen molar-refractivity contribution in [1.82, 2.24) is 0 Å². The number of hydrogen-bond acceptors (Lipinski definition) is 1. The Morgan fingerprint density at radius 2 is 1.43 bits per heavy atom. The second kappa shape index (κ2) is 12.1. The lowest BCUT2D eigenvalue weighted by Crippen LogP contribution is -2.01. The maximum atomic E-state index is 3.58. The van der Waals surface area contributed by atoms with Gasteiger partial charge in [-0.1, -0.05) is 86.7 Å². The van der Waals surface area contributed by atoms with Crippen molar-refractivity contribution in [3.05, 3.63) is 28.2 Å². The molecule has 1 N–H and O–H groups in total. The van der Waals surface area contributed by atoms with Crippen LogP contribution in [0.3, 0.4) is 0 Å². The van der Waals surface area contributed by atoms with Crippen LogP contribution in [0, 0.1) is 6.92 Å². The first-order valence-corrected chi connectivity index (χ1v) is 9.53. The molecule has 120 valence electrons. The molecule has 0 aliphatic carbocycles. The Labute approximate surface area is 140 Å². The molecule has 0 atom stereocenters. The number of rotatable bonds is 12. The number of benzene rings is 1. The zero-order valence-corrected chi connectivity index (χ0v) is 15.5. The molecule has 0 radical (unpaired) electrons. The van der Waals surface area contributed by atoms with Crippen molar-refractivity contribution in [2.24, 2.45) is 0 Å². The van der Waals surface area contributed by atoms with Crippen LogP contribution in [-0.4, -0.2) is 6.54 Å². The van der Waals surface area contributed by atoms with Crippen LogP contribution >= 0.6 is 15.9 Å².